The summed E-state index contributed by atoms with van der Waals surface area (Å²) < 4.78 is 39.8. The van der Waals surface area contributed by atoms with Crippen molar-refractivity contribution in [2.45, 2.75) is 12.8 Å². The summed E-state index contributed by atoms with van der Waals surface area (Å²) in [7, 11) is 0. The summed E-state index contributed by atoms with van der Waals surface area (Å²) in [5.41, 5.74) is 0.215. The molecule has 1 fully saturated rings. The van der Waals surface area contributed by atoms with Crippen LogP contribution in [0.3, 0.4) is 0 Å². The van der Waals surface area contributed by atoms with Gasteiger partial charge in [0.1, 0.15) is 5.75 Å². The molecule has 0 radical (unpaired) electrons. The highest BCUT2D eigenvalue weighted by Crippen LogP contribution is 2.28. The molecule has 0 aromatic heterocycles. The largest absolute Gasteiger partial charge is 0.573 e. The third kappa shape index (κ3) is 2.61. The van der Waals surface area contributed by atoms with E-state index >= 15 is 0 Å². The van der Waals surface area contributed by atoms with Crippen LogP contribution in [-0.4, -0.2) is 24.6 Å². The Kier molecular flexibility index (Phi) is 2.98. The number of Topliss-reactive ketones (excluding diaryl/α,β-unsaturated/α-hetero) is 1. The van der Waals surface area contributed by atoms with Gasteiger partial charge >= 0.3 is 6.36 Å². The fraction of sp³-hybridized carbons (Fsp3) is 0.273. The lowest BCUT2D eigenvalue weighted by Crippen LogP contribution is -2.27. The van der Waals surface area contributed by atoms with E-state index in [9.17, 15) is 22.8 Å². The van der Waals surface area contributed by atoms with E-state index < -0.39 is 23.8 Å². The van der Waals surface area contributed by atoms with Crippen LogP contribution in [0.2, 0.25) is 0 Å². The highest BCUT2D eigenvalue weighted by Gasteiger charge is 2.33. The van der Waals surface area contributed by atoms with E-state index in [1.54, 1.807) is 0 Å². The number of benzene rings is 1. The highest BCUT2D eigenvalue weighted by molar-refractivity contribution is 6.43. The molecule has 7 heteroatoms. The SMILES string of the molecule is O=C1CCN(c2cccc(OC(F)(F)F)c2)C1=O. The summed E-state index contributed by atoms with van der Waals surface area (Å²) in [6.45, 7) is 0.174. The van der Waals surface area contributed by atoms with E-state index in [4.69, 9.17) is 0 Å². The Morgan fingerprint density at radius 3 is 2.50 bits per heavy atom. The van der Waals surface area contributed by atoms with Crippen LogP contribution in [0.25, 0.3) is 0 Å². The van der Waals surface area contributed by atoms with Crippen LogP contribution < -0.4 is 9.64 Å². The minimum atomic E-state index is -4.79. The van der Waals surface area contributed by atoms with E-state index in [-0.39, 0.29) is 18.7 Å². The van der Waals surface area contributed by atoms with Crippen LogP contribution in [0.5, 0.6) is 5.75 Å². The maximum atomic E-state index is 12.0. The molecule has 0 unspecified atom stereocenters. The van der Waals surface area contributed by atoms with Gasteiger partial charge in [-0.2, -0.15) is 0 Å². The third-order valence-electron chi connectivity index (χ3n) is 2.41. The summed E-state index contributed by atoms with van der Waals surface area (Å²) in [6, 6.07) is 4.97. The number of halogens is 3. The molecular weight excluding hydrogens is 251 g/mol. The van der Waals surface area contributed by atoms with Gasteiger partial charge in [0.25, 0.3) is 5.91 Å². The zero-order chi connectivity index (χ0) is 13.3. The Morgan fingerprint density at radius 1 is 1.22 bits per heavy atom. The predicted molar refractivity (Wildman–Crippen MR) is 55.1 cm³/mol. The molecule has 4 nitrogen and oxygen atoms in total. The van der Waals surface area contributed by atoms with Gasteiger partial charge < -0.3 is 9.64 Å². The van der Waals surface area contributed by atoms with Gasteiger partial charge in [-0.3, -0.25) is 9.59 Å². The Labute approximate surface area is 99.9 Å². The summed E-state index contributed by atoms with van der Waals surface area (Å²) in [6.07, 6.45) is -4.72. The standard InChI is InChI=1S/C11H8F3NO3/c12-11(13,14)18-8-3-1-2-7(6-8)15-5-4-9(16)10(15)17/h1-3,6H,4-5H2. The number of hydrogen-bond donors (Lipinski definition) is 0. The van der Waals surface area contributed by atoms with Crippen molar-refractivity contribution in [1.82, 2.24) is 0 Å². The van der Waals surface area contributed by atoms with E-state index in [0.717, 1.165) is 17.0 Å². The van der Waals surface area contributed by atoms with Crippen molar-refractivity contribution >= 4 is 17.4 Å². The fourth-order valence-corrected chi connectivity index (χ4v) is 1.67. The van der Waals surface area contributed by atoms with Crippen LogP contribution in [0.15, 0.2) is 24.3 Å². The zero-order valence-electron chi connectivity index (χ0n) is 9.03. The van der Waals surface area contributed by atoms with Crippen LogP contribution in [0.4, 0.5) is 18.9 Å². The second-order valence-electron chi connectivity index (χ2n) is 3.68. The van der Waals surface area contributed by atoms with Gasteiger partial charge in [0, 0.05) is 24.7 Å². The molecular formula is C11H8F3NO3. The number of ketones is 1. The summed E-state index contributed by atoms with van der Waals surface area (Å²) in [5, 5.41) is 0. The van der Waals surface area contributed by atoms with E-state index in [1.807, 2.05) is 0 Å². The molecule has 1 aromatic rings. The van der Waals surface area contributed by atoms with Crippen molar-refractivity contribution in [3.8, 4) is 5.75 Å². The van der Waals surface area contributed by atoms with Gasteiger partial charge in [-0.1, -0.05) is 6.07 Å². The lowest BCUT2D eigenvalue weighted by molar-refractivity contribution is -0.274. The lowest BCUT2D eigenvalue weighted by atomic mass is 10.3. The zero-order valence-corrected chi connectivity index (χ0v) is 9.03. The van der Waals surface area contributed by atoms with Gasteiger partial charge in [-0.15, -0.1) is 13.2 Å². The normalized spacial score (nSPS) is 16.3. The van der Waals surface area contributed by atoms with Gasteiger partial charge in [-0.05, 0) is 12.1 Å². The Morgan fingerprint density at radius 2 is 1.94 bits per heavy atom. The number of amides is 1. The van der Waals surface area contributed by atoms with Crippen molar-refractivity contribution in [1.29, 1.82) is 0 Å². The van der Waals surface area contributed by atoms with Crippen molar-refractivity contribution in [3.05, 3.63) is 24.3 Å². The quantitative estimate of drug-likeness (QED) is 0.762. The lowest BCUT2D eigenvalue weighted by Gasteiger charge is -2.16. The van der Waals surface area contributed by atoms with Gasteiger partial charge in [0.15, 0.2) is 0 Å². The molecule has 1 saturated heterocycles. The van der Waals surface area contributed by atoms with Gasteiger partial charge in [0.05, 0.1) is 0 Å². The van der Waals surface area contributed by atoms with Crippen molar-refractivity contribution in [2.75, 3.05) is 11.4 Å². The minimum Gasteiger partial charge on any atom is -0.406 e. The molecule has 96 valence electrons. The number of anilines is 1. The second kappa shape index (κ2) is 4.32. The maximum Gasteiger partial charge on any atom is 0.573 e. The molecule has 1 heterocycles. The van der Waals surface area contributed by atoms with Crippen LogP contribution in [0.1, 0.15) is 6.42 Å². The monoisotopic (exact) mass is 259 g/mol. The van der Waals surface area contributed by atoms with Crippen molar-refractivity contribution in [2.24, 2.45) is 0 Å². The van der Waals surface area contributed by atoms with E-state index in [0.29, 0.717) is 0 Å². The first-order chi connectivity index (χ1) is 8.37. The molecule has 0 aliphatic carbocycles. The maximum absolute atomic E-state index is 12.0. The number of rotatable bonds is 2. The predicted octanol–water partition coefficient (Wildman–Crippen LogP) is 1.89. The molecule has 1 aromatic carbocycles. The topological polar surface area (TPSA) is 46.6 Å². The van der Waals surface area contributed by atoms with Crippen LogP contribution in [0, 0.1) is 0 Å². The molecule has 0 atom stereocenters. The Bertz CT molecular complexity index is 499. The molecule has 0 N–H and O–H groups in total. The number of alkyl halides is 3. The number of carbonyl (C=O) groups is 2. The molecule has 1 aliphatic rings. The number of carbonyl (C=O) groups excluding carboxylic acids is 2. The number of ether oxygens (including phenoxy) is 1. The fourth-order valence-electron chi connectivity index (χ4n) is 1.67. The molecule has 1 aliphatic heterocycles. The summed E-state index contributed by atoms with van der Waals surface area (Å²) in [4.78, 5) is 23.6. The molecule has 2 rings (SSSR count). The number of nitrogens with zero attached hydrogens (tertiary/aromatic N) is 1. The van der Waals surface area contributed by atoms with Gasteiger partial charge in [-0.25, -0.2) is 0 Å². The third-order valence-corrected chi connectivity index (χ3v) is 2.41. The van der Waals surface area contributed by atoms with Crippen LogP contribution >= 0.6 is 0 Å². The Hall–Kier alpha value is -2.05. The first kappa shape index (κ1) is 12.4. The van der Waals surface area contributed by atoms with Crippen molar-refractivity contribution < 1.29 is 27.5 Å². The van der Waals surface area contributed by atoms with Crippen molar-refractivity contribution in [3.63, 3.8) is 0 Å². The van der Waals surface area contributed by atoms with Crippen LogP contribution in [-0.2, 0) is 9.59 Å². The molecule has 0 spiro atoms. The van der Waals surface area contributed by atoms with E-state index in [1.165, 1.54) is 12.1 Å². The first-order valence-corrected chi connectivity index (χ1v) is 5.07. The smallest absolute Gasteiger partial charge is 0.406 e. The average molecular weight is 259 g/mol. The molecule has 0 bridgehead atoms. The second-order valence-corrected chi connectivity index (χ2v) is 3.68. The number of hydrogen-bond acceptors (Lipinski definition) is 3. The minimum absolute atomic E-state index is 0.0726. The molecule has 1 amide bonds. The Balaban J connectivity index is 2.22. The molecule has 18 heavy (non-hydrogen) atoms. The summed E-state index contributed by atoms with van der Waals surface area (Å²) in [5.74, 6) is -1.68. The summed E-state index contributed by atoms with van der Waals surface area (Å²) >= 11 is 0. The van der Waals surface area contributed by atoms with Gasteiger partial charge in [0.2, 0.25) is 5.78 Å². The molecule has 0 saturated carbocycles. The first-order valence-electron chi connectivity index (χ1n) is 5.07. The highest BCUT2D eigenvalue weighted by atomic mass is 19.4. The van der Waals surface area contributed by atoms with E-state index in [2.05, 4.69) is 4.74 Å². The average Bonchev–Trinajstić information content (AvgIpc) is 2.58.